The average Bonchev–Trinajstić information content (AvgIpc) is 3.26. The number of aromatic nitrogens is 4. The van der Waals surface area contributed by atoms with E-state index in [4.69, 9.17) is 5.73 Å². The van der Waals surface area contributed by atoms with Crippen molar-refractivity contribution in [3.63, 3.8) is 0 Å². The normalized spacial score (nSPS) is 17.5. The van der Waals surface area contributed by atoms with Gasteiger partial charge in [0.25, 0.3) is 0 Å². The summed E-state index contributed by atoms with van der Waals surface area (Å²) in [5, 5.41) is 1.17. The predicted octanol–water partition coefficient (Wildman–Crippen LogP) is 4.58. The molecule has 0 spiro atoms. The molecule has 32 heavy (non-hydrogen) atoms. The Balaban J connectivity index is 1.36. The molecule has 166 valence electrons. The van der Waals surface area contributed by atoms with Gasteiger partial charge in [-0.2, -0.15) is 0 Å². The minimum Gasteiger partial charge on any atom is -0.384 e. The van der Waals surface area contributed by atoms with Gasteiger partial charge in [0, 0.05) is 48.1 Å². The molecular weight excluding hydrogens is 400 g/mol. The van der Waals surface area contributed by atoms with E-state index in [0.29, 0.717) is 23.2 Å². The number of benzene rings is 1. The summed E-state index contributed by atoms with van der Waals surface area (Å²) in [5.41, 5.74) is 11.9. The van der Waals surface area contributed by atoms with Gasteiger partial charge in [-0.1, -0.05) is 6.07 Å². The van der Waals surface area contributed by atoms with Crippen LogP contribution in [0.3, 0.4) is 0 Å². The highest BCUT2D eigenvalue weighted by atomic mass is 16.1. The average molecular weight is 431 g/mol. The third-order valence-electron chi connectivity index (χ3n) is 6.50. The molecule has 3 heterocycles. The van der Waals surface area contributed by atoms with E-state index in [0.717, 1.165) is 73.3 Å². The number of H-pyrrole nitrogens is 2. The molecule has 0 aliphatic heterocycles. The third kappa shape index (κ3) is 4.25. The minimum absolute atomic E-state index is 0.433. The lowest BCUT2D eigenvalue weighted by molar-refractivity contribution is -0.118. The Hall–Kier alpha value is -3.19. The van der Waals surface area contributed by atoms with Crippen LogP contribution < -0.4 is 5.73 Å². The first-order chi connectivity index (χ1) is 15.4. The molecule has 1 unspecified atom stereocenters. The van der Waals surface area contributed by atoms with Crippen LogP contribution in [0.5, 0.6) is 0 Å². The van der Waals surface area contributed by atoms with E-state index in [2.05, 4.69) is 56.1 Å². The molecule has 0 amide bonds. The Kier molecular flexibility index (Phi) is 5.43. The SMILES string of the molecule is Cc1nc2nc(N)cc(-c3cc4cc(CN(C)CC5CCCC(=O)CC5)ccc4[nH]3)c2[nH]1. The van der Waals surface area contributed by atoms with Gasteiger partial charge in [-0.25, -0.2) is 9.97 Å². The summed E-state index contributed by atoms with van der Waals surface area (Å²) in [4.78, 5) is 29.7. The zero-order valence-electron chi connectivity index (χ0n) is 18.7. The van der Waals surface area contributed by atoms with Crippen LogP contribution in [-0.4, -0.2) is 44.2 Å². The number of carbonyl (C=O) groups is 1. The molecule has 1 aromatic carbocycles. The summed E-state index contributed by atoms with van der Waals surface area (Å²) in [6.07, 6.45) is 4.74. The van der Waals surface area contributed by atoms with Crippen molar-refractivity contribution in [3.8, 4) is 11.3 Å². The molecular formula is C25H30N6O. The molecule has 1 fully saturated rings. The number of nitrogens with zero attached hydrogens (tertiary/aromatic N) is 3. The largest absolute Gasteiger partial charge is 0.384 e. The number of rotatable bonds is 5. The highest BCUT2D eigenvalue weighted by Crippen LogP contribution is 2.31. The maximum atomic E-state index is 11.7. The summed E-state index contributed by atoms with van der Waals surface area (Å²) in [5.74, 6) is 2.33. The number of nitrogen functional groups attached to an aromatic ring is 1. The van der Waals surface area contributed by atoms with Gasteiger partial charge >= 0.3 is 0 Å². The van der Waals surface area contributed by atoms with Crippen LogP contribution in [0.2, 0.25) is 0 Å². The van der Waals surface area contributed by atoms with Crippen molar-refractivity contribution in [1.82, 2.24) is 24.8 Å². The number of nitrogens with two attached hydrogens (primary N) is 1. The zero-order chi connectivity index (χ0) is 22.2. The first kappa shape index (κ1) is 20.7. The molecule has 3 aromatic heterocycles. The monoisotopic (exact) mass is 430 g/mol. The van der Waals surface area contributed by atoms with E-state index < -0.39 is 0 Å². The molecule has 5 rings (SSSR count). The lowest BCUT2D eigenvalue weighted by Gasteiger charge is -2.23. The number of Topliss-reactive ketones (excluding diaryl/α,β-unsaturated/α-hetero) is 1. The van der Waals surface area contributed by atoms with Gasteiger partial charge in [-0.05, 0) is 69.0 Å². The lowest BCUT2D eigenvalue weighted by Crippen LogP contribution is -2.25. The maximum Gasteiger partial charge on any atom is 0.180 e. The molecule has 4 aromatic rings. The second kappa shape index (κ2) is 8.39. The van der Waals surface area contributed by atoms with Crippen molar-refractivity contribution in [2.24, 2.45) is 5.92 Å². The first-order valence-electron chi connectivity index (χ1n) is 11.4. The molecule has 4 N–H and O–H groups in total. The Bertz CT molecular complexity index is 1290. The first-order valence-corrected chi connectivity index (χ1v) is 11.4. The van der Waals surface area contributed by atoms with Gasteiger partial charge in [0.15, 0.2) is 5.65 Å². The fourth-order valence-electron chi connectivity index (χ4n) is 4.98. The third-order valence-corrected chi connectivity index (χ3v) is 6.50. The van der Waals surface area contributed by atoms with Gasteiger partial charge in [0.2, 0.25) is 0 Å². The number of hydrogen-bond donors (Lipinski definition) is 3. The lowest BCUT2D eigenvalue weighted by atomic mass is 9.99. The number of ketones is 1. The Morgan fingerprint density at radius 2 is 2.00 bits per heavy atom. The Morgan fingerprint density at radius 1 is 1.12 bits per heavy atom. The molecule has 1 aliphatic rings. The Morgan fingerprint density at radius 3 is 2.88 bits per heavy atom. The fourth-order valence-corrected chi connectivity index (χ4v) is 4.98. The van der Waals surface area contributed by atoms with Crippen LogP contribution in [0.1, 0.15) is 43.5 Å². The quantitative estimate of drug-likeness (QED) is 0.402. The highest BCUT2D eigenvalue weighted by molar-refractivity contribution is 5.95. The van der Waals surface area contributed by atoms with Crippen LogP contribution >= 0.6 is 0 Å². The van der Waals surface area contributed by atoms with E-state index in [-0.39, 0.29) is 0 Å². The summed E-state index contributed by atoms with van der Waals surface area (Å²) in [6.45, 7) is 3.85. The maximum absolute atomic E-state index is 11.7. The zero-order valence-corrected chi connectivity index (χ0v) is 18.7. The number of nitrogens with one attached hydrogen (secondary N) is 2. The van der Waals surface area contributed by atoms with E-state index >= 15 is 0 Å². The Labute approximate surface area is 187 Å². The molecule has 0 bridgehead atoms. The number of aromatic amines is 2. The van der Waals surface area contributed by atoms with E-state index in [9.17, 15) is 4.79 Å². The molecule has 0 saturated heterocycles. The smallest absolute Gasteiger partial charge is 0.180 e. The highest BCUT2D eigenvalue weighted by Gasteiger charge is 2.18. The molecule has 7 heteroatoms. The van der Waals surface area contributed by atoms with Gasteiger partial charge in [-0.15, -0.1) is 0 Å². The van der Waals surface area contributed by atoms with Gasteiger partial charge in [0.1, 0.15) is 17.4 Å². The minimum atomic E-state index is 0.433. The van der Waals surface area contributed by atoms with E-state index in [1.165, 1.54) is 10.9 Å². The van der Waals surface area contributed by atoms with Crippen molar-refractivity contribution >= 4 is 33.7 Å². The van der Waals surface area contributed by atoms with E-state index in [1.807, 2.05) is 13.0 Å². The molecule has 1 aliphatic carbocycles. The van der Waals surface area contributed by atoms with Crippen LogP contribution in [0.15, 0.2) is 30.3 Å². The number of fused-ring (bicyclic) bond motifs is 2. The fraction of sp³-hybridized carbons (Fsp3) is 0.400. The van der Waals surface area contributed by atoms with Crippen LogP contribution in [0, 0.1) is 12.8 Å². The molecule has 1 atom stereocenters. The summed E-state index contributed by atoms with van der Waals surface area (Å²) in [6, 6.07) is 10.6. The van der Waals surface area contributed by atoms with Crippen molar-refractivity contribution in [3.05, 3.63) is 41.7 Å². The molecule has 1 saturated carbocycles. The second-order valence-electron chi connectivity index (χ2n) is 9.25. The molecule has 0 radical (unpaired) electrons. The van der Waals surface area contributed by atoms with Crippen molar-refractivity contribution in [1.29, 1.82) is 0 Å². The molecule has 7 nitrogen and oxygen atoms in total. The van der Waals surface area contributed by atoms with Gasteiger partial charge in [0.05, 0.1) is 5.52 Å². The number of anilines is 1. The van der Waals surface area contributed by atoms with Crippen LogP contribution in [-0.2, 0) is 11.3 Å². The predicted molar refractivity (Wildman–Crippen MR) is 128 cm³/mol. The summed E-state index contributed by atoms with van der Waals surface area (Å²) < 4.78 is 0. The van der Waals surface area contributed by atoms with Crippen LogP contribution in [0.4, 0.5) is 5.82 Å². The van der Waals surface area contributed by atoms with E-state index in [1.54, 1.807) is 0 Å². The second-order valence-corrected chi connectivity index (χ2v) is 9.25. The number of hydrogen-bond acceptors (Lipinski definition) is 5. The number of pyridine rings is 1. The summed E-state index contributed by atoms with van der Waals surface area (Å²) in [7, 11) is 2.18. The number of imidazole rings is 1. The topological polar surface area (TPSA) is 104 Å². The standard InChI is InChI=1S/C25H30N6O/c1-15-27-24-20(12-23(26)30-25(24)28-15)22-11-18-10-17(7-9-21(18)29-22)14-31(2)13-16-4-3-5-19(32)8-6-16/h7,9-12,16,29H,3-6,8,13-14H2,1-2H3,(H3,26,27,28,30). The summed E-state index contributed by atoms with van der Waals surface area (Å²) >= 11 is 0. The van der Waals surface area contributed by atoms with Crippen LogP contribution in [0.25, 0.3) is 33.3 Å². The number of aryl methyl sites for hydroxylation is 1. The van der Waals surface area contributed by atoms with Crippen molar-refractivity contribution < 1.29 is 4.79 Å². The van der Waals surface area contributed by atoms with Crippen molar-refractivity contribution in [2.45, 2.75) is 45.6 Å². The van der Waals surface area contributed by atoms with Gasteiger partial charge in [-0.3, -0.25) is 4.79 Å². The number of carbonyl (C=O) groups excluding carboxylic acids is 1. The van der Waals surface area contributed by atoms with Crippen molar-refractivity contribution in [2.75, 3.05) is 19.3 Å². The van der Waals surface area contributed by atoms with Gasteiger partial charge < -0.3 is 20.6 Å².